The van der Waals surface area contributed by atoms with E-state index in [0.29, 0.717) is 24.5 Å². The Morgan fingerprint density at radius 2 is 1.97 bits per heavy atom. The summed E-state index contributed by atoms with van der Waals surface area (Å²) in [6, 6.07) is 5.91. The Kier molecular flexibility index (Phi) is 5.80. The van der Waals surface area contributed by atoms with E-state index in [2.05, 4.69) is 20.2 Å². The van der Waals surface area contributed by atoms with Crippen molar-refractivity contribution in [3.63, 3.8) is 0 Å². The predicted molar refractivity (Wildman–Crippen MR) is 127 cm³/mol. The molecule has 2 unspecified atom stereocenters. The maximum atomic E-state index is 11.6. The van der Waals surface area contributed by atoms with Crippen LogP contribution in [-0.2, 0) is 16.6 Å². The van der Waals surface area contributed by atoms with E-state index in [4.69, 9.17) is 9.72 Å². The molecule has 0 spiro atoms. The molecule has 0 saturated carbocycles. The van der Waals surface area contributed by atoms with Crippen molar-refractivity contribution < 1.29 is 14.3 Å². The quantitative estimate of drug-likeness (QED) is 0.613. The van der Waals surface area contributed by atoms with Crippen molar-refractivity contribution in [1.29, 1.82) is 0 Å². The van der Waals surface area contributed by atoms with E-state index in [-0.39, 0.29) is 23.8 Å². The standard InChI is InChI=1S/C24H29N7O3/c1-15(17-10-22(33)26-12-17)34-24-23-21(27-14-29(23)3)11-20(28-24)19-5-4-18(13-25-19)31-8-6-30(7-9-31)16(2)32/h4-5,11,13-15,17H,6-10,12H2,1-3H3,(H,26,33). The van der Waals surface area contributed by atoms with E-state index in [1.54, 1.807) is 13.3 Å². The maximum absolute atomic E-state index is 11.6. The number of nitrogens with one attached hydrogen (secondary N) is 1. The van der Waals surface area contributed by atoms with Gasteiger partial charge in [0.25, 0.3) is 0 Å². The molecule has 2 aliphatic rings. The summed E-state index contributed by atoms with van der Waals surface area (Å²) in [5, 5.41) is 2.87. The molecule has 2 amide bonds. The second kappa shape index (κ2) is 8.92. The number of pyridine rings is 2. The van der Waals surface area contributed by atoms with Crippen LogP contribution in [0.25, 0.3) is 22.4 Å². The number of piperazine rings is 1. The third kappa shape index (κ3) is 4.27. The first kappa shape index (κ1) is 22.1. The lowest BCUT2D eigenvalue weighted by atomic mass is 10.0. The summed E-state index contributed by atoms with van der Waals surface area (Å²) in [7, 11) is 1.91. The van der Waals surface area contributed by atoms with Crippen LogP contribution in [0, 0.1) is 5.92 Å². The van der Waals surface area contributed by atoms with Crippen molar-refractivity contribution in [2.45, 2.75) is 26.4 Å². The van der Waals surface area contributed by atoms with Crippen molar-refractivity contribution in [2.75, 3.05) is 37.6 Å². The molecular formula is C24H29N7O3. The average Bonchev–Trinajstić information content (AvgIpc) is 3.45. The van der Waals surface area contributed by atoms with Gasteiger partial charge in [0.15, 0.2) is 0 Å². The fourth-order valence-electron chi connectivity index (χ4n) is 4.59. The van der Waals surface area contributed by atoms with E-state index >= 15 is 0 Å². The molecule has 0 bridgehead atoms. The lowest BCUT2D eigenvalue weighted by Crippen LogP contribution is -2.48. The minimum absolute atomic E-state index is 0.0554. The molecule has 10 nitrogen and oxygen atoms in total. The van der Waals surface area contributed by atoms with Crippen LogP contribution in [0.2, 0.25) is 0 Å². The third-order valence-corrected chi connectivity index (χ3v) is 6.73. The summed E-state index contributed by atoms with van der Waals surface area (Å²) in [4.78, 5) is 41.3. The number of nitrogens with zero attached hydrogens (tertiary/aromatic N) is 6. The number of hydrogen-bond acceptors (Lipinski definition) is 7. The van der Waals surface area contributed by atoms with Crippen LogP contribution in [0.5, 0.6) is 5.88 Å². The highest BCUT2D eigenvalue weighted by Gasteiger charge is 2.29. The Labute approximate surface area is 197 Å². The molecule has 10 heteroatoms. The Hall–Kier alpha value is -3.69. The van der Waals surface area contributed by atoms with Crippen molar-refractivity contribution in [3.05, 3.63) is 30.7 Å². The number of imidazole rings is 1. The first-order chi connectivity index (χ1) is 16.4. The van der Waals surface area contributed by atoms with E-state index in [9.17, 15) is 9.59 Å². The molecule has 0 aliphatic carbocycles. The van der Waals surface area contributed by atoms with Gasteiger partial charge >= 0.3 is 0 Å². The Morgan fingerprint density at radius 3 is 2.62 bits per heavy atom. The number of aromatic nitrogens is 4. The van der Waals surface area contributed by atoms with Crippen molar-refractivity contribution in [2.24, 2.45) is 13.0 Å². The Bertz CT molecular complexity index is 1220. The van der Waals surface area contributed by atoms with Gasteiger partial charge in [-0.05, 0) is 25.1 Å². The van der Waals surface area contributed by atoms with Crippen LogP contribution in [0.15, 0.2) is 30.7 Å². The van der Waals surface area contributed by atoms with Crippen LogP contribution >= 0.6 is 0 Å². The van der Waals surface area contributed by atoms with Gasteiger partial charge < -0.3 is 24.4 Å². The molecule has 0 aromatic carbocycles. The van der Waals surface area contributed by atoms with Crippen molar-refractivity contribution >= 4 is 28.5 Å². The minimum atomic E-state index is -0.177. The zero-order chi connectivity index (χ0) is 23.8. The van der Waals surface area contributed by atoms with Gasteiger partial charge in [0.05, 0.1) is 35.1 Å². The van der Waals surface area contributed by atoms with Gasteiger partial charge in [0, 0.05) is 59.0 Å². The summed E-state index contributed by atoms with van der Waals surface area (Å²) < 4.78 is 8.17. The van der Waals surface area contributed by atoms with Crippen molar-refractivity contribution in [3.8, 4) is 17.3 Å². The van der Waals surface area contributed by atoms with Crippen LogP contribution < -0.4 is 15.0 Å². The largest absolute Gasteiger partial charge is 0.473 e. The normalized spacial score (nSPS) is 19.4. The number of amides is 2. The zero-order valence-corrected chi connectivity index (χ0v) is 19.7. The van der Waals surface area contributed by atoms with E-state index in [0.717, 1.165) is 48.6 Å². The Balaban J connectivity index is 1.38. The monoisotopic (exact) mass is 463 g/mol. The minimum Gasteiger partial charge on any atom is -0.473 e. The third-order valence-electron chi connectivity index (χ3n) is 6.73. The highest BCUT2D eigenvalue weighted by molar-refractivity contribution is 5.84. The van der Waals surface area contributed by atoms with Crippen LogP contribution in [0.3, 0.4) is 0 Å². The fourth-order valence-corrected chi connectivity index (χ4v) is 4.59. The number of carbonyl (C=O) groups excluding carboxylic acids is 2. The first-order valence-corrected chi connectivity index (χ1v) is 11.6. The molecule has 1 N–H and O–H groups in total. The summed E-state index contributed by atoms with van der Waals surface area (Å²) in [5.74, 6) is 0.764. The fraction of sp³-hybridized carbons (Fsp3) is 0.458. The number of fused-ring (bicyclic) bond motifs is 1. The SMILES string of the molecule is CC(=O)N1CCN(c2ccc(-c3cc4ncn(C)c4c(OC(C)C4CNC(=O)C4)n3)nc2)CC1. The van der Waals surface area contributed by atoms with Crippen LogP contribution in [0.4, 0.5) is 5.69 Å². The summed E-state index contributed by atoms with van der Waals surface area (Å²) in [6.07, 6.45) is 3.87. The molecule has 5 heterocycles. The molecular weight excluding hydrogens is 434 g/mol. The van der Waals surface area contributed by atoms with Gasteiger partial charge in [-0.3, -0.25) is 14.6 Å². The molecule has 178 valence electrons. The first-order valence-electron chi connectivity index (χ1n) is 11.6. The van der Waals surface area contributed by atoms with Crippen molar-refractivity contribution in [1.82, 2.24) is 29.7 Å². The maximum Gasteiger partial charge on any atom is 0.241 e. The number of aryl methyl sites for hydroxylation is 1. The number of hydrogen-bond donors (Lipinski definition) is 1. The van der Waals surface area contributed by atoms with E-state index < -0.39 is 0 Å². The number of ether oxygens (including phenoxy) is 1. The topological polar surface area (TPSA) is 105 Å². The second-order valence-corrected chi connectivity index (χ2v) is 9.02. The molecule has 2 aliphatic heterocycles. The van der Waals surface area contributed by atoms with Gasteiger partial charge in [-0.2, -0.15) is 0 Å². The smallest absolute Gasteiger partial charge is 0.241 e. The summed E-state index contributed by atoms with van der Waals surface area (Å²) in [5.41, 5.74) is 4.03. The summed E-state index contributed by atoms with van der Waals surface area (Å²) in [6.45, 7) is 7.20. The molecule has 2 atom stereocenters. The van der Waals surface area contributed by atoms with Crippen LogP contribution in [0.1, 0.15) is 20.3 Å². The van der Waals surface area contributed by atoms with Gasteiger partial charge in [0.1, 0.15) is 11.6 Å². The molecule has 2 saturated heterocycles. The second-order valence-electron chi connectivity index (χ2n) is 9.02. The molecule has 3 aromatic rings. The number of carbonyl (C=O) groups is 2. The summed E-state index contributed by atoms with van der Waals surface area (Å²) >= 11 is 0. The zero-order valence-electron chi connectivity index (χ0n) is 19.7. The molecule has 2 fully saturated rings. The molecule has 5 rings (SSSR count). The lowest BCUT2D eigenvalue weighted by Gasteiger charge is -2.35. The lowest BCUT2D eigenvalue weighted by molar-refractivity contribution is -0.129. The highest BCUT2D eigenvalue weighted by Crippen LogP contribution is 2.30. The van der Waals surface area contributed by atoms with E-state index in [1.165, 1.54) is 0 Å². The van der Waals surface area contributed by atoms with Gasteiger partial charge in [-0.15, -0.1) is 0 Å². The van der Waals surface area contributed by atoms with Gasteiger partial charge in [-0.25, -0.2) is 9.97 Å². The number of anilines is 1. The van der Waals surface area contributed by atoms with Gasteiger partial charge in [-0.1, -0.05) is 0 Å². The predicted octanol–water partition coefficient (Wildman–Crippen LogP) is 1.60. The highest BCUT2D eigenvalue weighted by atomic mass is 16.5. The van der Waals surface area contributed by atoms with E-state index in [1.807, 2.05) is 47.8 Å². The molecule has 3 aromatic heterocycles. The Morgan fingerprint density at radius 1 is 1.18 bits per heavy atom. The van der Waals surface area contributed by atoms with Gasteiger partial charge in [0.2, 0.25) is 17.7 Å². The van der Waals surface area contributed by atoms with Crippen LogP contribution in [-0.4, -0.2) is 75.1 Å². The number of rotatable bonds is 5. The molecule has 34 heavy (non-hydrogen) atoms. The molecule has 0 radical (unpaired) electrons. The average molecular weight is 464 g/mol.